The molecule has 0 saturated carbocycles. The van der Waals surface area contributed by atoms with Crippen LogP contribution >= 0.6 is 0 Å². The van der Waals surface area contributed by atoms with Crippen molar-refractivity contribution in [3.63, 3.8) is 0 Å². The standard InChI is InChI=1S/C30H47NO10/c1-9-19(3)17-37-27(35)40-23-12-11-22(13-24(23)41-28(36)38-18-20(4)10-2)15-30(31,26(33)34)14-21(5)39-25(32)16-29(6,7)8/h11-13,19-21H,9-10,14-18,31H2,1-8H3,(H,33,34)/t19?,20?,21-,30?/m0/s1. The van der Waals surface area contributed by atoms with Gasteiger partial charge in [-0.05, 0) is 41.9 Å². The van der Waals surface area contributed by atoms with Crippen molar-refractivity contribution >= 4 is 24.2 Å². The van der Waals surface area contributed by atoms with Gasteiger partial charge in [0.2, 0.25) is 0 Å². The molecule has 0 radical (unpaired) electrons. The zero-order valence-corrected chi connectivity index (χ0v) is 25.6. The smallest absolute Gasteiger partial charge is 0.480 e. The summed E-state index contributed by atoms with van der Waals surface area (Å²) < 4.78 is 26.3. The molecule has 0 aliphatic heterocycles. The first-order valence-electron chi connectivity index (χ1n) is 14.0. The van der Waals surface area contributed by atoms with Gasteiger partial charge in [0, 0.05) is 12.8 Å². The second-order valence-corrected chi connectivity index (χ2v) is 12.0. The molecule has 41 heavy (non-hydrogen) atoms. The summed E-state index contributed by atoms with van der Waals surface area (Å²) in [6.45, 7) is 15.3. The molecule has 3 N–H and O–H groups in total. The average Bonchev–Trinajstić information content (AvgIpc) is 2.85. The Kier molecular flexibility index (Phi) is 14.1. The maximum atomic E-state index is 12.4. The molecule has 1 aromatic rings. The summed E-state index contributed by atoms with van der Waals surface area (Å²) in [6, 6.07) is 4.20. The van der Waals surface area contributed by atoms with Gasteiger partial charge in [-0.15, -0.1) is 0 Å². The van der Waals surface area contributed by atoms with Gasteiger partial charge in [0.1, 0.15) is 11.6 Å². The van der Waals surface area contributed by atoms with Crippen molar-refractivity contribution in [1.82, 2.24) is 0 Å². The Morgan fingerprint density at radius 3 is 1.85 bits per heavy atom. The number of aliphatic carboxylic acids is 1. The van der Waals surface area contributed by atoms with Crippen LogP contribution in [0.1, 0.15) is 86.6 Å². The third kappa shape index (κ3) is 13.7. The van der Waals surface area contributed by atoms with E-state index in [1.54, 1.807) is 6.92 Å². The first-order chi connectivity index (χ1) is 19.0. The molecule has 0 amide bonds. The molecule has 0 spiro atoms. The fraction of sp³-hybridized carbons (Fsp3) is 0.667. The molecule has 1 rings (SSSR count). The Bertz CT molecular complexity index is 1030. The molecule has 0 fully saturated rings. The summed E-state index contributed by atoms with van der Waals surface area (Å²) in [7, 11) is 0. The highest BCUT2D eigenvalue weighted by molar-refractivity contribution is 5.79. The summed E-state index contributed by atoms with van der Waals surface area (Å²) in [6.07, 6.45) is -1.41. The molecule has 11 nitrogen and oxygen atoms in total. The van der Waals surface area contributed by atoms with Gasteiger partial charge in [0.15, 0.2) is 11.5 Å². The van der Waals surface area contributed by atoms with Crippen LogP contribution in [0.4, 0.5) is 9.59 Å². The number of carbonyl (C=O) groups excluding carboxylic acids is 3. The SMILES string of the molecule is CCC(C)COC(=O)Oc1ccc(CC(N)(C[C@H](C)OC(=O)CC(C)(C)C)C(=O)O)cc1OC(=O)OCC(C)CC. The number of hydrogen-bond acceptors (Lipinski definition) is 10. The van der Waals surface area contributed by atoms with E-state index in [0.29, 0.717) is 5.56 Å². The largest absolute Gasteiger partial charge is 0.513 e. The Hall–Kier alpha value is -3.34. The summed E-state index contributed by atoms with van der Waals surface area (Å²) in [5, 5.41) is 9.96. The molecule has 1 aromatic carbocycles. The Labute approximate surface area is 243 Å². The molecule has 4 atom stereocenters. The Morgan fingerprint density at radius 2 is 1.39 bits per heavy atom. The molecule has 0 saturated heterocycles. The zero-order chi connectivity index (χ0) is 31.4. The monoisotopic (exact) mass is 581 g/mol. The van der Waals surface area contributed by atoms with Crippen LogP contribution in [0.2, 0.25) is 0 Å². The Balaban J connectivity index is 3.17. The normalized spacial score (nSPS) is 15.0. The lowest BCUT2D eigenvalue weighted by Crippen LogP contribution is -2.52. The van der Waals surface area contributed by atoms with Crippen molar-refractivity contribution in [2.75, 3.05) is 13.2 Å². The van der Waals surface area contributed by atoms with Gasteiger partial charge in [0.05, 0.1) is 19.6 Å². The maximum Gasteiger partial charge on any atom is 0.513 e. The number of esters is 1. The number of hydrogen-bond donors (Lipinski definition) is 2. The van der Waals surface area contributed by atoms with Gasteiger partial charge < -0.3 is 34.5 Å². The van der Waals surface area contributed by atoms with E-state index >= 15 is 0 Å². The number of carbonyl (C=O) groups is 4. The fourth-order valence-electron chi connectivity index (χ4n) is 3.57. The lowest BCUT2D eigenvalue weighted by Gasteiger charge is -2.28. The minimum atomic E-state index is -1.83. The molecular weight excluding hydrogens is 534 g/mol. The van der Waals surface area contributed by atoms with Crippen molar-refractivity contribution in [2.45, 2.75) is 99.1 Å². The van der Waals surface area contributed by atoms with Crippen LogP contribution in [0.3, 0.4) is 0 Å². The predicted molar refractivity (Wildman–Crippen MR) is 152 cm³/mol. The number of rotatable bonds is 15. The molecular formula is C30H47NO10. The summed E-state index contributed by atoms with van der Waals surface area (Å²) >= 11 is 0. The van der Waals surface area contributed by atoms with Crippen LogP contribution in [0, 0.1) is 17.3 Å². The van der Waals surface area contributed by atoms with E-state index in [-0.39, 0.29) is 61.2 Å². The highest BCUT2D eigenvalue weighted by Crippen LogP contribution is 2.32. The van der Waals surface area contributed by atoms with Crippen molar-refractivity contribution in [3.8, 4) is 11.5 Å². The van der Waals surface area contributed by atoms with E-state index in [0.717, 1.165) is 12.8 Å². The summed E-state index contributed by atoms with van der Waals surface area (Å²) in [5.41, 5.74) is 4.55. The second kappa shape index (κ2) is 16.2. The van der Waals surface area contributed by atoms with E-state index in [1.165, 1.54) is 18.2 Å². The summed E-state index contributed by atoms with van der Waals surface area (Å²) in [4.78, 5) is 49.1. The van der Waals surface area contributed by atoms with Gasteiger partial charge in [0.25, 0.3) is 0 Å². The van der Waals surface area contributed by atoms with Crippen LogP contribution in [0.15, 0.2) is 18.2 Å². The van der Waals surface area contributed by atoms with Crippen LogP contribution < -0.4 is 15.2 Å². The minimum Gasteiger partial charge on any atom is -0.480 e. The molecule has 0 aliphatic carbocycles. The molecule has 0 aliphatic rings. The van der Waals surface area contributed by atoms with E-state index < -0.39 is 35.9 Å². The lowest BCUT2D eigenvalue weighted by atomic mass is 9.86. The molecule has 11 heteroatoms. The third-order valence-corrected chi connectivity index (χ3v) is 6.36. The lowest BCUT2D eigenvalue weighted by molar-refractivity contribution is -0.154. The van der Waals surface area contributed by atoms with Gasteiger partial charge in [-0.3, -0.25) is 9.59 Å². The molecule has 0 bridgehead atoms. The van der Waals surface area contributed by atoms with Crippen LogP contribution in [0.5, 0.6) is 11.5 Å². The molecule has 3 unspecified atom stereocenters. The fourth-order valence-corrected chi connectivity index (χ4v) is 3.57. The van der Waals surface area contributed by atoms with E-state index in [9.17, 15) is 24.3 Å². The number of benzene rings is 1. The van der Waals surface area contributed by atoms with Crippen molar-refractivity contribution < 1.29 is 48.0 Å². The van der Waals surface area contributed by atoms with Crippen molar-refractivity contribution in [3.05, 3.63) is 23.8 Å². The van der Waals surface area contributed by atoms with Gasteiger partial charge in [-0.2, -0.15) is 0 Å². The minimum absolute atomic E-state index is 0.105. The quantitative estimate of drug-likeness (QED) is 0.144. The number of carboxylic acids is 1. The summed E-state index contributed by atoms with van der Waals surface area (Å²) in [5.74, 6) is -1.82. The molecule has 232 valence electrons. The first kappa shape index (κ1) is 35.7. The highest BCUT2D eigenvalue weighted by atomic mass is 16.7. The predicted octanol–water partition coefficient (Wildman–Crippen LogP) is 5.89. The molecule has 0 heterocycles. The van der Waals surface area contributed by atoms with Gasteiger partial charge in [-0.25, -0.2) is 9.59 Å². The maximum absolute atomic E-state index is 12.4. The Morgan fingerprint density at radius 1 is 0.878 bits per heavy atom. The van der Waals surface area contributed by atoms with E-state index in [1.807, 2.05) is 48.5 Å². The van der Waals surface area contributed by atoms with Crippen molar-refractivity contribution in [1.29, 1.82) is 0 Å². The van der Waals surface area contributed by atoms with Gasteiger partial charge >= 0.3 is 24.2 Å². The van der Waals surface area contributed by atoms with Gasteiger partial charge in [-0.1, -0.05) is 67.4 Å². The second-order valence-electron chi connectivity index (χ2n) is 12.0. The van der Waals surface area contributed by atoms with Crippen LogP contribution in [-0.2, 0) is 30.2 Å². The highest BCUT2D eigenvalue weighted by Gasteiger charge is 2.37. The van der Waals surface area contributed by atoms with Crippen molar-refractivity contribution in [2.24, 2.45) is 23.0 Å². The topological polar surface area (TPSA) is 161 Å². The van der Waals surface area contributed by atoms with Crippen LogP contribution in [0.25, 0.3) is 0 Å². The zero-order valence-electron chi connectivity index (χ0n) is 25.6. The molecule has 0 aromatic heterocycles. The average molecular weight is 582 g/mol. The first-order valence-corrected chi connectivity index (χ1v) is 14.0. The number of carboxylic acid groups (broad SMARTS) is 1. The third-order valence-electron chi connectivity index (χ3n) is 6.36. The van der Waals surface area contributed by atoms with E-state index in [4.69, 9.17) is 29.4 Å². The number of ether oxygens (including phenoxy) is 5. The van der Waals surface area contributed by atoms with E-state index in [2.05, 4.69) is 0 Å². The van der Waals surface area contributed by atoms with Crippen LogP contribution in [-0.4, -0.2) is 54.2 Å². The number of nitrogens with two attached hydrogens (primary N) is 1.